The van der Waals surface area contributed by atoms with Gasteiger partial charge in [0, 0.05) is 33.2 Å². The molecule has 2 aromatic carbocycles. The van der Waals surface area contributed by atoms with Crippen molar-refractivity contribution >= 4 is 29.3 Å². The number of likely N-dealkylation sites (tertiary alicyclic amines) is 1. The minimum absolute atomic E-state index is 0.100. The van der Waals surface area contributed by atoms with Gasteiger partial charge in [0.15, 0.2) is 0 Å². The highest BCUT2D eigenvalue weighted by Gasteiger charge is 2.43. The monoisotopic (exact) mass is 513 g/mol. The van der Waals surface area contributed by atoms with Crippen molar-refractivity contribution in [2.45, 2.75) is 80.5 Å². The van der Waals surface area contributed by atoms with Gasteiger partial charge < -0.3 is 14.4 Å². The Bertz CT molecular complexity index is 1080. The van der Waals surface area contributed by atoms with Crippen molar-refractivity contribution in [2.75, 3.05) is 26.2 Å². The Morgan fingerprint density at radius 1 is 1.20 bits per heavy atom. The number of rotatable bonds is 7. The van der Waals surface area contributed by atoms with Gasteiger partial charge in [-0.05, 0) is 94.8 Å². The highest BCUT2D eigenvalue weighted by Crippen LogP contribution is 2.48. The Labute approximate surface area is 218 Å². The van der Waals surface area contributed by atoms with Crippen LogP contribution in [0.4, 0.5) is 0 Å². The predicted octanol–water partition coefficient (Wildman–Crippen LogP) is 6.97. The Hall–Kier alpha value is -1.69. The standard InChI is InChI=1S/C29H36ClNO3S/c1-28(2,3)34-27(32)11-14-31-15-12-29(13-16-31)19-33-26-17-21(9-10-24(26)29)35-18-23-22(20-7-8-20)5-4-6-25(23)30/h4-6,9-10,17,20H,7-8,11-16,18-19H2,1-3H3. The second-order valence-electron chi connectivity index (χ2n) is 11.3. The van der Waals surface area contributed by atoms with Crippen molar-refractivity contribution in [3.8, 4) is 5.75 Å². The molecule has 0 unspecified atom stereocenters. The second-order valence-corrected chi connectivity index (χ2v) is 12.7. The van der Waals surface area contributed by atoms with Gasteiger partial charge in [-0.1, -0.05) is 29.8 Å². The number of hydrogen-bond acceptors (Lipinski definition) is 5. The minimum atomic E-state index is -0.419. The number of hydrogen-bond donors (Lipinski definition) is 0. The first kappa shape index (κ1) is 25.0. The van der Waals surface area contributed by atoms with Gasteiger partial charge in [0.2, 0.25) is 0 Å². The number of halogens is 1. The Morgan fingerprint density at radius 2 is 1.97 bits per heavy atom. The van der Waals surface area contributed by atoms with Crippen molar-refractivity contribution in [3.05, 3.63) is 58.1 Å². The molecule has 2 heterocycles. The molecule has 0 bridgehead atoms. The summed E-state index contributed by atoms with van der Waals surface area (Å²) in [6, 6.07) is 13.1. The number of carbonyl (C=O) groups excluding carboxylic acids is 1. The topological polar surface area (TPSA) is 38.8 Å². The van der Waals surface area contributed by atoms with Crippen LogP contribution in [0.2, 0.25) is 5.02 Å². The molecule has 0 N–H and O–H groups in total. The van der Waals surface area contributed by atoms with E-state index in [-0.39, 0.29) is 11.4 Å². The maximum absolute atomic E-state index is 12.1. The quantitative estimate of drug-likeness (QED) is 0.295. The molecule has 0 aromatic heterocycles. The van der Waals surface area contributed by atoms with Crippen molar-refractivity contribution < 1.29 is 14.3 Å². The Balaban J connectivity index is 1.18. The lowest BCUT2D eigenvalue weighted by molar-refractivity contribution is -0.155. The van der Waals surface area contributed by atoms with Crippen molar-refractivity contribution in [1.82, 2.24) is 4.90 Å². The van der Waals surface area contributed by atoms with Gasteiger partial charge in [-0.3, -0.25) is 4.79 Å². The normalized spacial score (nSPS) is 19.4. The lowest BCUT2D eigenvalue weighted by atomic mass is 9.74. The molecule has 1 aliphatic carbocycles. The van der Waals surface area contributed by atoms with Crippen LogP contribution in [-0.4, -0.2) is 42.7 Å². The maximum atomic E-state index is 12.1. The van der Waals surface area contributed by atoms with E-state index >= 15 is 0 Å². The lowest BCUT2D eigenvalue weighted by Gasteiger charge is -2.38. The molecule has 0 amide bonds. The molecular formula is C29H36ClNO3S. The number of fused-ring (bicyclic) bond motifs is 2. The first-order valence-corrected chi connectivity index (χ1v) is 14.2. The SMILES string of the molecule is CC(C)(C)OC(=O)CCN1CCC2(CC1)COc1cc(SCc3c(Cl)cccc3C3CC3)ccc12. The summed E-state index contributed by atoms with van der Waals surface area (Å²) in [4.78, 5) is 15.7. The lowest BCUT2D eigenvalue weighted by Crippen LogP contribution is -2.44. The molecule has 1 saturated heterocycles. The molecule has 35 heavy (non-hydrogen) atoms. The molecule has 2 aliphatic heterocycles. The van der Waals surface area contributed by atoms with Crippen LogP contribution in [0.25, 0.3) is 0 Å². The summed E-state index contributed by atoms with van der Waals surface area (Å²) in [5.74, 6) is 2.52. The summed E-state index contributed by atoms with van der Waals surface area (Å²) in [5, 5.41) is 0.886. The van der Waals surface area contributed by atoms with E-state index in [2.05, 4.69) is 35.2 Å². The molecule has 1 spiro atoms. The molecule has 1 saturated carbocycles. The van der Waals surface area contributed by atoms with E-state index in [9.17, 15) is 4.79 Å². The Kier molecular flexibility index (Phi) is 7.13. The average molecular weight is 514 g/mol. The van der Waals surface area contributed by atoms with Gasteiger partial charge in [0.25, 0.3) is 0 Å². The third-order valence-electron chi connectivity index (χ3n) is 7.45. The highest BCUT2D eigenvalue weighted by atomic mass is 35.5. The van der Waals surface area contributed by atoms with E-state index in [0.717, 1.165) is 55.6 Å². The van der Waals surface area contributed by atoms with Crippen LogP contribution in [0.3, 0.4) is 0 Å². The fourth-order valence-electron chi connectivity index (χ4n) is 5.36. The number of carbonyl (C=O) groups is 1. The fourth-order valence-corrected chi connectivity index (χ4v) is 6.68. The average Bonchev–Trinajstić information content (AvgIpc) is 3.60. The third-order valence-corrected chi connectivity index (χ3v) is 8.82. The van der Waals surface area contributed by atoms with E-state index in [1.54, 1.807) is 0 Å². The summed E-state index contributed by atoms with van der Waals surface area (Å²) < 4.78 is 11.7. The highest BCUT2D eigenvalue weighted by molar-refractivity contribution is 7.98. The molecule has 188 valence electrons. The summed E-state index contributed by atoms with van der Waals surface area (Å²) in [7, 11) is 0. The van der Waals surface area contributed by atoms with Gasteiger partial charge in [0.05, 0.1) is 13.0 Å². The number of benzene rings is 2. The number of nitrogens with zero attached hydrogens (tertiary/aromatic N) is 1. The Morgan fingerprint density at radius 3 is 2.69 bits per heavy atom. The van der Waals surface area contributed by atoms with Crippen LogP contribution in [0.5, 0.6) is 5.75 Å². The molecule has 4 nitrogen and oxygen atoms in total. The molecule has 3 aliphatic rings. The summed E-state index contributed by atoms with van der Waals surface area (Å²) in [6.45, 7) is 9.24. The van der Waals surface area contributed by atoms with E-state index in [0.29, 0.717) is 12.3 Å². The zero-order valence-electron chi connectivity index (χ0n) is 21.1. The molecule has 2 aromatic rings. The van der Waals surface area contributed by atoms with Crippen LogP contribution in [-0.2, 0) is 20.7 Å². The van der Waals surface area contributed by atoms with Crippen LogP contribution in [0.1, 0.15) is 75.5 Å². The van der Waals surface area contributed by atoms with Crippen LogP contribution in [0, 0.1) is 0 Å². The number of thioether (sulfide) groups is 1. The van der Waals surface area contributed by atoms with E-state index in [1.807, 2.05) is 38.6 Å². The van der Waals surface area contributed by atoms with Crippen molar-refractivity contribution in [2.24, 2.45) is 0 Å². The number of esters is 1. The molecule has 2 fully saturated rings. The minimum Gasteiger partial charge on any atom is -0.492 e. The second kappa shape index (κ2) is 9.99. The van der Waals surface area contributed by atoms with Gasteiger partial charge in [0.1, 0.15) is 11.4 Å². The summed E-state index contributed by atoms with van der Waals surface area (Å²) in [6.07, 6.45) is 5.14. The first-order valence-electron chi connectivity index (χ1n) is 12.8. The first-order chi connectivity index (χ1) is 16.7. The predicted molar refractivity (Wildman–Crippen MR) is 143 cm³/mol. The largest absolute Gasteiger partial charge is 0.492 e. The molecule has 5 rings (SSSR count). The number of ether oxygens (including phenoxy) is 2. The van der Waals surface area contributed by atoms with Crippen molar-refractivity contribution in [3.63, 3.8) is 0 Å². The van der Waals surface area contributed by atoms with Crippen LogP contribution >= 0.6 is 23.4 Å². The number of piperidine rings is 1. The third kappa shape index (κ3) is 5.84. The summed E-state index contributed by atoms with van der Waals surface area (Å²) in [5.41, 5.74) is 3.75. The smallest absolute Gasteiger partial charge is 0.307 e. The fraction of sp³-hybridized carbons (Fsp3) is 0.552. The van der Waals surface area contributed by atoms with Gasteiger partial charge in [-0.25, -0.2) is 0 Å². The molecular weight excluding hydrogens is 478 g/mol. The molecule has 0 radical (unpaired) electrons. The van der Waals surface area contributed by atoms with Crippen LogP contribution < -0.4 is 4.74 Å². The van der Waals surface area contributed by atoms with E-state index in [1.165, 1.54) is 34.4 Å². The van der Waals surface area contributed by atoms with Gasteiger partial charge in [-0.15, -0.1) is 11.8 Å². The maximum Gasteiger partial charge on any atom is 0.307 e. The van der Waals surface area contributed by atoms with Gasteiger partial charge in [-0.2, -0.15) is 0 Å². The van der Waals surface area contributed by atoms with Gasteiger partial charge >= 0.3 is 5.97 Å². The van der Waals surface area contributed by atoms with Crippen molar-refractivity contribution in [1.29, 1.82) is 0 Å². The zero-order valence-corrected chi connectivity index (χ0v) is 22.6. The molecule has 0 atom stereocenters. The zero-order chi connectivity index (χ0) is 24.6. The summed E-state index contributed by atoms with van der Waals surface area (Å²) >= 11 is 8.42. The van der Waals surface area contributed by atoms with E-state index in [4.69, 9.17) is 21.1 Å². The molecule has 6 heteroatoms. The van der Waals surface area contributed by atoms with Crippen LogP contribution in [0.15, 0.2) is 41.3 Å². The van der Waals surface area contributed by atoms with E-state index < -0.39 is 5.60 Å².